The van der Waals surface area contributed by atoms with E-state index in [0.717, 1.165) is 41.7 Å². The van der Waals surface area contributed by atoms with E-state index < -0.39 is 0 Å². The fourth-order valence-corrected chi connectivity index (χ4v) is 4.61. The van der Waals surface area contributed by atoms with Crippen LogP contribution in [0.2, 0.25) is 5.02 Å². The summed E-state index contributed by atoms with van der Waals surface area (Å²) in [5.74, 6) is 1.87. The summed E-state index contributed by atoms with van der Waals surface area (Å²) in [4.78, 5) is 12.4. The van der Waals surface area contributed by atoms with Gasteiger partial charge in [0.1, 0.15) is 0 Å². The predicted molar refractivity (Wildman–Crippen MR) is 117 cm³/mol. The standard InChI is InChI=1S/C21H29ClN4O2S/c1-15-8-10-16(11-9-15)23-19(27)14-29-21-25-24-20(26(21)12-5-13-28-2)17-6-3-4-7-18(17)22/h3-4,6-7,15-16H,5,8-14H2,1-2H3,(H,23,27). The molecule has 6 nitrogen and oxygen atoms in total. The Morgan fingerprint density at radius 2 is 2.03 bits per heavy atom. The lowest BCUT2D eigenvalue weighted by molar-refractivity contribution is -0.119. The fraction of sp³-hybridized carbons (Fsp3) is 0.571. The molecule has 1 aromatic heterocycles. The zero-order chi connectivity index (χ0) is 20.6. The molecular formula is C21H29ClN4O2S. The molecule has 1 saturated carbocycles. The minimum atomic E-state index is 0.0558. The van der Waals surface area contributed by atoms with Crippen LogP contribution in [0.3, 0.4) is 0 Å². The van der Waals surface area contributed by atoms with Gasteiger partial charge < -0.3 is 14.6 Å². The molecule has 0 unspecified atom stereocenters. The molecule has 2 aromatic rings. The van der Waals surface area contributed by atoms with Crippen molar-refractivity contribution in [1.82, 2.24) is 20.1 Å². The van der Waals surface area contributed by atoms with Gasteiger partial charge in [0.15, 0.2) is 11.0 Å². The summed E-state index contributed by atoms with van der Waals surface area (Å²) < 4.78 is 7.22. The first kappa shape index (κ1) is 22.1. The van der Waals surface area contributed by atoms with Crippen molar-refractivity contribution in [3.63, 3.8) is 0 Å². The van der Waals surface area contributed by atoms with Gasteiger partial charge in [-0.25, -0.2) is 0 Å². The molecule has 1 N–H and O–H groups in total. The van der Waals surface area contributed by atoms with Gasteiger partial charge in [0.25, 0.3) is 0 Å². The quantitative estimate of drug-likeness (QED) is 0.465. The highest BCUT2D eigenvalue weighted by molar-refractivity contribution is 7.99. The number of hydrogen-bond donors (Lipinski definition) is 1. The monoisotopic (exact) mass is 436 g/mol. The average molecular weight is 437 g/mol. The van der Waals surface area contributed by atoms with Crippen LogP contribution in [0.15, 0.2) is 29.4 Å². The van der Waals surface area contributed by atoms with Gasteiger partial charge in [-0.1, -0.05) is 42.4 Å². The lowest BCUT2D eigenvalue weighted by atomic mass is 9.87. The highest BCUT2D eigenvalue weighted by Crippen LogP contribution is 2.29. The summed E-state index contributed by atoms with van der Waals surface area (Å²) in [6.07, 6.45) is 5.34. The molecule has 1 fully saturated rings. The number of nitrogens with one attached hydrogen (secondary N) is 1. The normalized spacial score (nSPS) is 19.3. The second-order valence-corrected chi connectivity index (χ2v) is 8.95. The molecular weight excluding hydrogens is 408 g/mol. The number of benzene rings is 1. The number of carbonyl (C=O) groups excluding carboxylic acids is 1. The number of methoxy groups -OCH3 is 1. The van der Waals surface area contributed by atoms with Crippen molar-refractivity contribution in [2.24, 2.45) is 5.92 Å². The van der Waals surface area contributed by atoms with Gasteiger partial charge in [0.05, 0.1) is 10.8 Å². The summed E-state index contributed by atoms with van der Waals surface area (Å²) in [6.45, 7) is 3.62. The molecule has 0 aliphatic heterocycles. The Balaban J connectivity index is 1.66. The highest BCUT2D eigenvalue weighted by atomic mass is 35.5. The Bertz CT molecular complexity index is 806. The van der Waals surface area contributed by atoms with Crippen LogP contribution in [0.5, 0.6) is 0 Å². The molecule has 1 amide bonds. The number of halogens is 1. The number of carbonyl (C=O) groups is 1. The number of ether oxygens (including phenoxy) is 1. The third-order valence-electron chi connectivity index (χ3n) is 5.28. The maximum atomic E-state index is 12.4. The zero-order valence-corrected chi connectivity index (χ0v) is 18.6. The van der Waals surface area contributed by atoms with Crippen LogP contribution >= 0.6 is 23.4 Å². The molecule has 0 spiro atoms. The van der Waals surface area contributed by atoms with Crippen molar-refractivity contribution in [3.05, 3.63) is 29.3 Å². The fourth-order valence-electron chi connectivity index (χ4n) is 3.61. The molecule has 8 heteroatoms. The minimum Gasteiger partial charge on any atom is -0.385 e. The number of aromatic nitrogens is 3. The van der Waals surface area contributed by atoms with Crippen LogP contribution in [0.4, 0.5) is 0 Å². The van der Waals surface area contributed by atoms with Crippen LogP contribution in [0, 0.1) is 5.92 Å². The molecule has 0 bridgehead atoms. The maximum absolute atomic E-state index is 12.4. The van der Waals surface area contributed by atoms with E-state index in [0.29, 0.717) is 30.0 Å². The van der Waals surface area contributed by atoms with Gasteiger partial charge in [0, 0.05) is 31.9 Å². The summed E-state index contributed by atoms with van der Waals surface area (Å²) in [5.41, 5.74) is 0.840. The third-order valence-corrected chi connectivity index (χ3v) is 6.57. The van der Waals surface area contributed by atoms with E-state index in [1.807, 2.05) is 28.8 Å². The van der Waals surface area contributed by atoms with Crippen LogP contribution in [0.1, 0.15) is 39.0 Å². The summed E-state index contributed by atoms with van der Waals surface area (Å²) in [5, 5.41) is 13.2. The molecule has 0 atom stereocenters. The van der Waals surface area contributed by atoms with E-state index >= 15 is 0 Å². The molecule has 0 saturated heterocycles. The molecule has 1 aliphatic carbocycles. The van der Waals surface area contributed by atoms with E-state index in [-0.39, 0.29) is 5.91 Å². The Hall–Kier alpha value is -1.57. The van der Waals surface area contributed by atoms with Crippen molar-refractivity contribution < 1.29 is 9.53 Å². The Morgan fingerprint density at radius 3 is 2.76 bits per heavy atom. The second-order valence-electron chi connectivity index (χ2n) is 7.60. The largest absolute Gasteiger partial charge is 0.385 e. The Morgan fingerprint density at radius 1 is 1.28 bits per heavy atom. The van der Waals surface area contributed by atoms with Crippen molar-refractivity contribution in [2.75, 3.05) is 19.5 Å². The SMILES string of the molecule is COCCCn1c(SCC(=O)NC2CCC(C)CC2)nnc1-c1ccccc1Cl. The third kappa shape index (κ3) is 6.20. The van der Waals surface area contributed by atoms with Crippen molar-refractivity contribution in [1.29, 1.82) is 0 Å². The number of nitrogens with zero attached hydrogens (tertiary/aromatic N) is 3. The van der Waals surface area contributed by atoms with Crippen molar-refractivity contribution in [3.8, 4) is 11.4 Å². The molecule has 3 rings (SSSR count). The maximum Gasteiger partial charge on any atom is 0.230 e. The first-order chi connectivity index (χ1) is 14.1. The summed E-state index contributed by atoms with van der Waals surface area (Å²) in [7, 11) is 1.69. The van der Waals surface area contributed by atoms with E-state index in [9.17, 15) is 4.79 Å². The smallest absolute Gasteiger partial charge is 0.230 e. The number of rotatable bonds is 9. The molecule has 158 valence electrons. The van der Waals surface area contributed by atoms with Gasteiger partial charge in [-0.2, -0.15) is 0 Å². The van der Waals surface area contributed by atoms with Gasteiger partial charge in [0.2, 0.25) is 5.91 Å². The van der Waals surface area contributed by atoms with Crippen LogP contribution in [-0.4, -0.2) is 46.2 Å². The van der Waals surface area contributed by atoms with Gasteiger partial charge in [-0.3, -0.25) is 4.79 Å². The summed E-state index contributed by atoms with van der Waals surface area (Å²) >= 11 is 7.79. The van der Waals surface area contributed by atoms with Crippen molar-refractivity contribution in [2.45, 2.75) is 56.8 Å². The highest BCUT2D eigenvalue weighted by Gasteiger charge is 2.21. The van der Waals surface area contributed by atoms with E-state index in [1.54, 1.807) is 7.11 Å². The molecule has 0 radical (unpaired) electrons. The minimum absolute atomic E-state index is 0.0558. The lowest BCUT2D eigenvalue weighted by Crippen LogP contribution is -2.38. The lowest BCUT2D eigenvalue weighted by Gasteiger charge is -2.26. The predicted octanol–water partition coefficient (Wildman–Crippen LogP) is 4.42. The Kier molecular flexibility index (Phi) is 8.39. The zero-order valence-electron chi connectivity index (χ0n) is 17.1. The average Bonchev–Trinajstić information content (AvgIpc) is 3.11. The van der Waals surface area contributed by atoms with Crippen molar-refractivity contribution >= 4 is 29.3 Å². The first-order valence-electron chi connectivity index (χ1n) is 10.2. The number of thioether (sulfide) groups is 1. The van der Waals surface area contributed by atoms with E-state index in [2.05, 4.69) is 22.4 Å². The molecule has 1 aromatic carbocycles. The molecule has 1 heterocycles. The van der Waals surface area contributed by atoms with Crippen LogP contribution < -0.4 is 5.32 Å². The van der Waals surface area contributed by atoms with Gasteiger partial charge >= 0.3 is 0 Å². The first-order valence-corrected chi connectivity index (χ1v) is 11.5. The topological polar surface area (TPSA) is 69.0 Å². The summed E-state index contributed by atoms with van der Waals surface area (Å²) in [6, 6.07) is 7.91. The van der Waals surface area contributed by atoms with E-state index in [1.165, 1.54) is 24.6 Å². The van der Waals surface area contributed by atoms with Crippen LogP contribution in [0.25, 0.3) is 11.4 Å². The van der Waals surface area contributed by atoms with E-state index in [4.69, 9.17) is 16.3 Å². The molecule has 29 heavy (non-hydrogen) atoms. The van der Waals surface area contributed by atoms with Gasteiger partial charge in [-0.15, -0.1) is 10.2 Å². The van der Waals surface area contributed by atoms with Crippen LogP contribution in [-0.2, 0) is 16.1 Å². The second kappa shape index (κ2) is 11.0. The number of amides is 1. The molecule has 1 aliphatic rings. The van der Waals surface area contributed by atoms with Gasteiger partial charge in [-0.05, 0) is 50.2 Å². The Labute approximate surface area is 181 Å². The number of hydrogen-bond acceptors (Lipinski definition) is 5.